The third-order valence-corrected chi connectivity index (χ3v) is 2.94. The van der Waals surface area contributed by atoms with E-state index in [0.717, 1.165) is 0 Å². The van der Waals surface area contributed by atoms with Crippen LogP contribution in [0.25, 0.3) is 0 Å². The van der Waals surface area contributed by atoms with Gasteiger partial charge in [0.1, 0.15) is 6.54 Å². The second kappa shape index (κ2) is 5.93. The molecule has 2 aromatic heterocycles. The first kappa shape index (κ1) is 12.3. The standard InChI is InChI=1S/C16H15N4/c1-3-8-15(9-4-1)14-20(16-17-10-7-11-18-16)19-12-5-2-6-13-19/h1-13H,14H2/q+1. The summed E-state index contributed by atoms with van der Waals surface area (Å²) < 4.78 is 1.99. The molecule has 0 atom stereocenters. The van der Waals surface area contributed by atoms with Crippen LogP contribution in [0.2, 0.25) is 0 Å². The molecule has 0 unspecified atom stereocenters. The summed E-state index contributed by atoms with van der Waals surface area (Å²) in [7, 11) is 0. The Bertz CT molecular complexity index is 602. The van der Waals surface area contributed by atoms with Gasteiger partial charge in [0, 0.05) is 24.5 Å². The smallest absolute Gasteiger partial charge is 0.217 e. The number of hydrogen-bond donors (Lipinski definition) is 0. The predicted octanol–water partition coefficient (Wildman–Crippen LogP) is 2.23. The highest BCUT2D eigenvalue weighted by Gasteiger charge is 2.18. The van der Waals surface area contributed by atoms with Gasteiger partial charge in [-0.15, -0.1) is 5.01 Å². The molecular weight excluding hydrogens is 248 g/mol. The Morgan fingerprint density at radius 2 is 1.45 bits per heavy atom. The molecule has 0 spiro atoms. The van der Waals surface area contributed by atoms with Crippen molar-refractivity contribution >= 4 is 5.95 Å². The number of anilines is 1. The molecule has 98 valence electrons. The molecule has 0 bridgehead atoms. The lowest BCUT2D eigenvalue weighted by atomic mass is 10.2. The maximum absolute atomic E-state index is 4.35. The third-order valence-electron chi connectivity index (χ3n) is 2.94. The molecule has 0 fully saturated rings. The van der Waals surface area contributed by atoms with Gasteiger partial charge in [-0.25, -0.2) is 9.97 Å². The Morgan fingerprint density at radius 3 is 2.15 bits per heavy atom. The number of rotatable bonds is 4. The van der Waals surface area contributed by atoms with Gasteiger partial charge in [0.05, 0.1) is 0 Å². The van der Waals surface area contributed by atoms with Crippen LogP contribution in [0.5, 0.6) is 0 Å². The summed E-state index contributed by atoms with van der Waals surface area (Å²) in [5, 5.41) is 2.02. The fraction of sp³-hybridized carbons (Fsp3) is 0.0625. The van der Waals surface area contributed by atoms with Gasteiger partial charge >= 0.3 is 0 Å². The van der Waals surface area contributed by atoms with Crippen LogP contribution in [0.1, 0.15) is 5.56 Å². The summed E-state index contributed by atoms with van der Waals surface area (Å²) in [6, 6.07) is 18.1. The molecule has 4 nitrogen and oxygen atoms in total. The SMILES string of the molecule is c1ccc(CN(c2ncccn2)[n+]2ccccc2)cc1. The highest BCUT2D eigenvalue weighted by molar-refractivity contribution is 5.27. The lowest BCUT2D eigenvalue weighted by molar-refractivity contribution is -0.687. The monoisotopic (exact) mass is 263 g/mol. The number of hydrogen-bond acceptors (Lipinski definition) is 3. The fourth-order valence-electron chi connectivity index (χ4n) is 1.99. The van der Waals surface area contributed by atoms with Crippen molar-refractivity contribution in [1.29, 1.82) is 0 Å². The number of nitrogens with zero attached hydrogens (tertiary/aromatic N) is 4. The summed E-state index contributed by atoms with van der Waals surface area (Å²) in [5.74, 6) is 0.674. The molecule has 20 heavy (non-hydrogen) atoms. The minimum atomic E-state index is 0.674. The van der Waals surface area contributed by atoms with Crippen LogP contribution in [0, 0.1) is 0 Å². The van der Waals surface area contributed by atoms with Crippen molar-refractivity contribution < 1.29 is 4.68 Å². The Morgan fingerprint density at radius 1 is 0.800 bits per heavy atom. The van der Waals surface area contributed by atoms with E-state index in [4.69, 9.17) is 0 Å². The lowest BCUT2D eigenvalue weighted by Gasteiger charge is -2.15. The van der Waals surface area contributed by atoms with Crippen molar-refractivity contribution in [3.05, 3.63) is 84.9 Å². The van der Waals surface area contributed by atoms with Gasteiger partial charge in [-0.05, 0) is 11.6 Å². The molecule has 0 radical (unpaired) electrons. The van der Waals surface area contributed by atoms with E-state index in [9.17, 15) is 0 Å². The Labute approximate surface area is 118 Å². The molecule has 0 aliphatic carbocycles. The van der Waals surface area contributed by atoms with Crippen LogP contribution < -0.4 is 9.69 Å². The van der Waals surface area contributed by atoms with E-state index < -0.39 is 0 Å². The topological polar surface area (TPSA) is 32.9 Å². The van der Waals surface area contributed by atoms with Crippen molar-refractivity contribution in [3.63, 3.8) is 0 Å². The van der Waals surface area contributed by atoms with Crippen LogP contribution in [-0.2, 0) is 6.54 Å². The first-order valence-electron chi connectivity index (χ1n) is 6.48. The van der Waals surface area contributed by atoms with Crippen LogP contribution in [0.4, 0.5) is 5.95 Å². The van der Waals surface area contributed by atoms with Gasteiger partial charge in [0.25, 0.3) is 5.95 Å². The van der Waals surface area contributed by atoms with Gasteiger partial charge < -0.3 is 0 Å². The minimum absolute atomic E-state index is 0.674. The molecule has 0 aliphatic rings. The number of benzene rings is 1. The van der Waals surface area contributed by atoms with Crippen molar-refractivity contribution in [3.8, 4) is 0 Å². The number of aromatic nitrogens is 3. The second-order valence-electron chi connectivity index (χ2n) is 4.35. The zero-order valence-corrected chi connectivity index (χ0v) is 11.0. The Kier molecular flexibility index (Phi) is 3.64. The summed E-state index contributed by atoms with van der Waals surface area (Å²) in [5.41, 5.74) is 1.20. The average Bonchev–Trinajstić information content (AvgIpc) is 2.55. The first-order valence-corrected chi connectivity index (χ1v) is 6.48. The van der Waals surface area contributed by atoms with E-state index >= 15 is 0 Å². The van der Waals surface area contributed by atoms with E-state index in [2.05, 4.69) is 22.1 Å². The fourth-order valence-corrected chi connectivity index (χ4v) is 1.99. The first-order chi connectivity index (χ1) is 9.93. The largest absolute Gasteiger partial charge is 0.282 e. The van der Waals surface area contributed by atoms with E-state index in [0.29, 0.717) is 12.5 Å². The van der Waals surface area contributed by atoms with Crippen LogP contribution in [0.3, 0.4) is 0 Å². The highest BCUT2D eigenvalue weighted by Crippen LogP contribution is 2.08. The predicted molar refractivity (Wildman–Crippen MR) is 76.7 cm³/mol. The third kappa shape index (κ3) is 2.80. The molecule has 3 aromatic rings. The summed E-state index contributed by atoms with van der Waals surface area (Å²) in [6.07, 6.45) is 7.48. The maximum atomic E-state index is 4.35. The summed E-state index contributed by atoms with van der Waals surface area (Å²) in [6.45, 7) is 0.708. The molecule has 0 N–H and O–H groups in total. The van der Waals surface area contributed by atoms with Crippen LogP contribution in [0.15, 0.2) is 79.4 Å². The minimum Gasteiger partial charge on any atom is -0.217 e. The van der Waals surface area contributed by atoms with Crippen molar-refractivity contribution in [2.24, 2.45) is 0 Å². The van der Waals surface area contributed by atoms with Crippen LogP contribution >= 0.6 is 0 Å². The lowest BCUT2D eigenvalue weighted by Crippen LogP contribution is -2.54. The van der Waals surface area contributed by atoms with Gasteiger partial charge in [-0.1, -0.05) is 41.1 Å². The Balaban J connectivity index is 1.96. The van der Waals surface area contributed by atoms with Gasteiger partial charge in [-0.3, -0.25) is 0 Å². The second-order valence-corrected chi connectivity index (χ2v) is 4.35. The maximum Gasteiger partial charge on any atom is 0.282 e. The van der Waals surface area contributed by atoms with Gasteiger partial charge in [-0.2, -0.15) is 0 Å². The molecule has 1 aromatic carbocycles. The van der Waals surface area contributed by atoms with Crippen molar-refractivity contribution in [2.45, 2.75) is 6.54 Å². The molecule has 0 saturated heterocycles. The average molecular weight is 263 g/mol. The molecule has 0 saturated carbocycles. The van der Waals surface area contributed by atoms with E-state index in [1.807, 2.05) is 64.5 Å². The van der Waals surface area contributed by atoms with Gasteiger partial charge in [0.2, 0.25) is 0 Å². The molecular formula is C16H15N4+. The normalized spacial score (nSPS) is 10.2. The molecule has 3 rings (SSSR count). The zero-order chi connectivity index (χ0) is 13.6. The Hall–Kier alpha value is -2.75. The molecule has 2 heterocycles. The van der Waals surface area contributed by atoms with Crippen molar-refractivity contribution in [2.75, 3.05) is 5.01 Å². The summed E-state index contributed by atoms with van der Waals surface area (Å²) in [4.78, 5) is 8.69. The zero-order valence-electron chi connectivity index (χ0n) is 11.0. The van der Waals surface area contributed by atoms with Crippen LogP contribution in [-0.4, -0.2) is 9.97 Å². The molecule has 0 aliphatic heterocycles. The van der Waals surface area contributed by atoms with E-state index in [-0.39, 0.29) is 0 Å². The molecule has 4 heteroatoms. The van der Waals surface area contributed by atoms with Gasteiger partial charge in [0.15, 0.2) is 12.4 Å². The quantitative estimate of drug-likeness (QED) is 0.677. The summed E-state index contributed by atoms with van der Waals surface area (Å²) >= 11 is 0. The van der Waals surface area contributed by atoms with Crippen molar-refractivity contribution in [1.82, 2.24) is 9.97 Å². The number of pyridine rings is 1. The van der Waals surface area contributed by atoms with E-state index in [1.54, 1.807) is 12.4 Å². The molecule has 0 amide bonds. The highest BCUT2D eigenvalue weighted by atomic mass is 15.6. The van der Waals surface area contributed by atoms with E-state index in [1.165, 1.54) is 5.56 Å².